The number of nitrogens with zero attached hydrogens (tertiary/aromatic N) is 2. The first-order valence-electron chi connectivity index (χ1n) is 6.42. The first-order valence-corrected chi connectivity index (χ1v) is 6.42. The van der Waals surface area contributed by atoms with Crippen molar-refractivity contribution in [2.45, 2.75) is 38.9 Å². The minimum atomic E-state index is -4.12. The van der Waals surface area contributed by atoms with Crippen molar-refractivity contribution in [3.05, 3.63) is 0 Å². The molecule has 1 rings (SSSR count). The van der Waals surface area contributed by atoms with E-state index in [4.69, 9.17) is 5.73 Å². The Morgan fingerprint density at radius 1 is 1.37 bits per heavy atom. The predicted molar refractivity (Wildman–Crippen MR) is 70.0 cm³/mol. The Hall–Kier alpha value is -0.980. The monoisotopic (exact) mass is 280 g/mol. The average Bonchev–Trinajstić information content (AvgIpc) is 2.57. The highest BCUT2D eigenvalue weighted by Crippen LogP contribution is 2.22. The molecule has 0 radical (unpaired) electrons. The van der Waals surface area contributed by atoms with E-state index in [1.54, 1.807) is 0 Å². The van der Waals surface area contributed by atoms with E-state index in [2.05, 4.69) is 10.3 Å². The number of nitrogens with two attached hydrogens (primary N) is 1. The Labute approximate surface area is 112 Å². The molecular weight excluding hydrogens is 257 g/mol. The van der Waals surface area contributed by atoms with Crippen molar-refractivity contribution in [2.24, 2.45) is 16.6 Å². The van der Waals surface area contributed by atoms with Crippen LogP contribution in [-0.4, -0.2) is 48.8 Å². The number of alkyl halides is 3. The number of likely N-dealkylation sites (tertiary alicyclic amines) is 1. The van der Waals surface area contributed by atoms with Gasteiger partial charge in [0.05, 0.1) is 6.54 Å². The molecule has 1 fully saturated rings. The molecule has 112 valence electrons. The third kappa shape index (κ3) is 7.25. The molecule has 4 nitrogen and oxygen atoms in total. The minimum absolute atomic E-state index is 0.155. The van der Waals surface area contributed by atoms with Crippen LogP contribution >= 0.6 is 0 Å². The minimum Gasteiger partial charge on any atom is -0.370 e. The molecule has 0 bridgehead atoms. The second kappa shape index (κ2) is 5.98. The summed E-state index contributed by atoms with van der Waals surface area (Å²) in [5.74, 6) is 0.504. The van der Waals surface area contributed by atoms with Crippen LogP contribution in [0.15, 0.2) is 4.99 Å². The molecular formula is C12H23F3N4. The summed E-state index contributed by atoms with van der Waals surface area (Å²) in [5, 5.41) is 3.03. The molecule has 0 aliphatic carbocycles. The zero-order valence-electron chi connectivity index (χ0n) is 11.7. The van der Waals surface area contributed by atoms with Crippen LogP contribution in [0.1, 0.15) is 27.2 Å². The van der Waals surface area contributed by atoms with Gasteiger partial charge in [-0.05, 0) is 39.7 Å². The Morgan fingerprint density at radius 3 is 2.53 bits per heavy atom. The van der Waals surface area contributed by atoms with E-state index >= 15 is 0 Å². The molecule has 0 saturated carbocycles. The smallest absolute Gasteiger partial charge is 0.370 e. The van der Waals surface area contributed by atoms with E-state index in [1.165, 1.54) is 4.90 Å². The zero-order valence-corrected chi connectivity index (χ0v) is 11.7. The van der Waals surface area contributed by atoms with Gasteiger partial charge in [-0.3, -0.25) is 9.89 Å². The van der Waals surface area contributed by atoms with E-state index in [-0.39, 0.29) is 11.5 Å². The SMILES string of the molecule is CC(C)(C)NC(N)=NCC1CCN(CC(F)(F)F)C1. The third-order valence-corrected chi connectivity index (χ3v) is 2.80. The van der Waals surface area contributed by atoms with Gasteiger partial charge in [0, 0.05) is 18.6 Å². The summed E-state index contributed by atoms with van der Waals surface area (Å²) in [5.41, 5.74) is 5.56. The Morgan fingerprint density at radius 2 is 2.00 bits per heavy atom. The van der Waals surface area contributed by atoms with Gasteiger partial charge in [0.1, 0.15) is 0 Å². The van der Waals surface area contributed by atoms with Crippen molar-refractivity contribution in [3.63, 3.8) is 0 Å². The molecule has 0 aromatic heterocycles. The van der Waals surface area contributed by atoms with Gasteiger partial charge >= 0.3 is 6.18 Å². The van der Waals surface area contributed by atoms with Gasteiger partial charge in [0.25, 0.3) is 0 Å². The number of hydrogen-bond donors (Lipinski definition) is 2. The molecule has 3 N–H and O–H groups in total. The Kier molecular flexibility index (Phi) is 5.06. The van der Waals surface area contributed by atoms with Crippen LogP contribution in [-0.2, 0) is 0 Å². The topological polar surface area (TPSA) is 53.6 Å². The van der Waals surface area contributed by atoms with Crippen molar-refractivity contribution < 1.29 is 13.2 Å². The number of rotatable bonds is 3. The lowest BCUT2D eigenvalue weighted by Crippen LogP contribution is -2.45. The molecule has 1 atom stereocenters. The van der Waals surface area contributed by atoms with Gasteiger partial charge in [0.15, 0.2) is 5.96 Å². The lowest BCUT2D eigenvalue weighted by molar-refractivity contribution is -0.143. The quantitative estimate of drug-likeness (QED) is 0.609. The van der Waals surface area contributed by atoms with Gasteiger partial charge in [-0.25, -0.2) is 0 Å². The van der Waals surface area contributed by atoms with Crippen molar-refractivity contribution in [1.82, 2.24) is 10.2 Å². The molecule has 1 heterocycles. The second-order valence-electron chi connectivity index (χ2n) is 6.11. The van der Waals surface area contributed by atoms with Gasteiger partial charge < -0.3 is 11.1 Å². The zero-order chi connectivity index (χ0) is 14.7. The standard InChI is InChI=1S/C12H23F3N4/c1-11(2,3)18-10(16)17-6-9-4-5-19(7-9)8-12(13,14)15/h9H,4-8H2,1-3H3,(H3,16,17,18). The van der Waals surface area contributed by atoms with Crippen LogP contribution in [0.25, 0.3) is 0 Å². The van der Waals surface area contributed by atoms with Crippen LogP contribution in [0, 0.1) is 5.92 Å². The summed E-state index contributed by atoms with van der Waals surface area (Å²) in [6, 6.07) is 0. The maximum absolute atomic E-state index is 12.2. The molecule has 1 aliphatic heterocycles. The highest BCUT2D eigenvalue weighted by atomic mass is 19.4. The fourth-order valence-corrected chi connectivity index (χ4v) is 2.11. The fourth-order valence-electron chi connectivity index (χ4n) is 2.11. The van der Waals surface area contributed by atoms with Crippen LogP contribution in [0.4, 0.5) is 13.2 Å². The normalized spacial score (nSPS) is 22.8. The van der Waals surface area contributed by atoms with Gasteiger partial charge in [-0.2, -0.15) is 13.2 Å². The van der Waals surface area contributed by atoms with E-state index in [9.17, 15) is 13.2 Å². The van der Waals surface area contributed by atoms with E-state index < -0.39 is 12.7 Å². The lowest BCUT2D eigenvalue weighted by atomic mass is 10.1. The first kappa shape index (κ1) is 16.1. The van der Waals surface area contributed by atoms with Crippen LogP contribution < -0.4 is 11.1 Å². The highest BCUT2D eigenvalue weighted by Gasteiger charge is 2.34. The van der Waals surface area contributed by atoms with Crippen molar-refractivity contribution in [3.8, 4) is 0 Å². The first-order chi connectivity index (χ1) is 8.55. The van der Waals surface area contributed by atoms with Crippen LogP contribution in [0.2, 0.25) is 0 Å². The summed E-state index contributed by atoms with van der Waals surface area (Å²) in [4.78, 5) is 5.62. The summed E-state index contributed by atoms with van der Waals surface area (Å²) < 4.78 is 36.7. The number of nitrogens with one attached hydrogen (secondary N) is 1. The van der Waals surface area contributed by atoms with Crippen LogP contribution in [0.3, 0.4) is 0 Å². The summed E-state index contributed by atoms with van der Waals surface area (Å²) >= 11 is 0. The van der Waals surface area contributed by atoms with Crippen molar-refractivity contribution >= 4 is 5.96 Å². The van der Waals surface area contributed by atoms with E-state index in [0.29, 0.717) is 25.6 Å². The number of halogens is 3. The molecule has 0 aromatic carbocycles. The number of guanidine groups is 1. The Bertz CT molecular complexity index is 320. The molecule has 1 unspecified atom stereocenters. The average molecular weight is 280 g/mol. The number of aliphatic imine (C=N–C) groups is 1. The van der Waals surface area contributed by atoms with Gasteiger partial charge in [-0.15, -0.1) is 0 Å². The molecule has 19 heavy (non-hydrogen) atoms. The lowest BCUT2D eigenvalue weighted by Gasteiger charge is -2.21. The summed E-state index contributed by atoms with van der Waals surface area (Å²) in [6.45, 7) is 6.46. The largest absolute Gasteiger partial charge is 0.401 e. The van der Waals surface area contributed by atoms with Gasteiger partial charge in [0.2, 0.25) is 0 Å². The molecule has 0 spiro atoms. The summed E-state index contributed by atoms with van der Waals surface area (Å²) in [7, 11) is 0. The molecule has 1 aliphatic rings. The highest BCUT2D eigenvalue weighted by molar-refractivity contribution is 5.78. The van der Waals surface area contributed by atoms with Crippen molar-refractivity contribution in [2.75, 3.05) is 26.2 Å². The maximum Gasteiger partial charge on any atom is 0.401 e. The fraction of sp³-hybridized carbons (Fsp3) is 0.917. The number of hydrogen-bond acceptors (Lipinski definition) is 2. The maximum atomic E-state index is 12.2. The van der Waals surface area contributed by atoms with Crippen molar-refractivity contribution in [1.29, 1.82) is 0 Å². The molecule has 0 aromatic rings. The molecule has 1 saturated heterocycles. The molecule has 7 heteroatoms. The van der Waals surface area contributed by atoms with Crippen LogP contribution in [0.5, 0.6) is 0 Å². The van der Waals surface area contributed by atoms with Gasteiger partial charge in [-0.1, -0.05) is 0 Å². The second-order valence-corrected chi connectivity index (χ2v) is 6.11. The Balaban J connectivity index is 2.34. The third-order valence-electron chi connectivity index (χ3n) is 2.80. The van der Waals surface area contributed by atoms with E-state index in [0.717, 1.165) is 6.42 Å². The predicted octanol–water partition coefficient (Wildman–Crippen LogP) is 1.57. The summed E-state index contributed by atoms with van der Waals surface area (Å²) in [6.07, 6.45) is -3.38. The molecule has 0 amide bonds. The van der Waals surface area contributed by atoms with E-state index in [1.807, 2.05) is 20.8 Å².